The molecular weight excluding hydrogens is 891 g/mol. The molecule has 3 saturated carbocycles. The zero-order valence-electron chi connectivity index (χ0n) is 37.5. The molecule has 64 heavy (non-hydrogen) atoms. The second kappa shape index (κ2) is 18.8. The minimum Gasteiger partial charge on any atom is -0.467 e. The summed E-state index contributed by atoms with van der Waals surface area (Å²) in [6.45, 7) is 12.3. The van der Waals surface area contributed by atoms with Crippen molar-refractivity contribution in [3.8, 4) is 0 Å². The first-order valence-corrected chi connectivity index (χ1v) is 24.9. The fraction of sp³-hybridized carbons (Fsp3) is 0.644. The molecule has 11 atom stereocenters. The molecule has 2 heterocycles. The lowest BCUT2D eigenvalue weighted by Crippen LogP contribution is -2.78. The number of fused-ring (bicyclic) bond motifs is 5. The van der Waals surface area contributed by atoms with Gasteiger partial charge < -0.3 is 48.7 Å². The summed E-state index contributed by atoms with van der Waals surface area (Å²) in [6.07, 6.45) is -5.94. The maximum atomic E-state index is 15.8. The van der Waals surface area contributed by atoms with E-state index in [9.17, 15) is 39.3 Å². The molecule has 4 N–H and O–H groups in total. The van der Waals surface area contributed by atoms with Crippen molar-refractivity contribution in [3.63, 3.8) is 0 Å². The van der Waals surface area contributed by atoms with Crippen molar-refractivity contribution in [2.75, 3.05) is 12.0 Å². The van der Waals surface area contributed by atoms with Gasteiger partial charge in [0.2, 0.25) is 0 Å². The number of ether oxygens (including phenoxy) is 5. The van der Waals surface area contributed by atoms with Crippen molar-refractivity contribution in [1.29, 1.82) is 0 Å². The van der Waals surface area contributed by atoms with Crippen LogP contribution in [0.1, 0.15) is 115 Å². The number of furan rings is 1. The van der Waals surface area contributed by atoms with E-state index >= 15 is 4.79 Å². The number of rotatable bonds is 14. The molecule has 16 nitrogen and oxygen atoms in total. The molecule has 4 aliphatic carbocycles. The van der Waals surface area contributed by atoms with Crippen LogP contribution in [-0.4, -0.2) is 110 Å². The summed E-state index contributed by atoms with van der Waals surface area (Å²) in [5.74, 6) is -5.77. The van der Waals surface area contributed by atoms with Crippen molar-refractivity contribution in [1.82, 2.24) is 5.32 Å². The van der Waals surface area contributed by atoms with Gasteiger partial charge in [-0.2, -0.15) is 0 Å². The number of esters is 4. The highest BCUT2D eigenvalue weighted by atomic mass is 33.1. The van der Waals surface area contributed by atoms with Crippen LogP contribution in [0.5, 0.6) is 0 Å². The van der Waals surface area contributed by atoms with E-state index in [1.54, 1.807) is 63.8 Å². The van der Waals surface area contributed by atoms with Gasteiger partial charge in [-0.15, -0.1) is 11.3 Å². The summed E-state index contributed by atoms with van der Waals surface area (Å²) >= 11 is 1.07. The van der Waals surface area contributed by atoms with Crippen LogP contribution in [0.3, 0.4) is 0 Å². The lowest BCUT2D eigenvalue weighted by molar-refractivity contribution is -0.296. The molecule has 19 heteroatoms. The van der Waals surface area contributed by atoms with Gasteiger partial charge in [-0.25, -0.2) is 14.4 Å². The largest absolute Gasteiger partial charge is 0.467 e. The molecule has 2 aromatic heterocycles. The van der Waals surface area contributed by atoms with Gasteiger partial charge in [0.1, 0.15) is 45.7 Å². The maximum absolute atomic E-state index is 15.8. The van der Waals surface area contributed by atoms with Crippen molar-refractivity contribution in [2.45, 2.75) is 147 Å². The van der Waals surface area contributed by atoms with Crippen molar-refractivity contribution in [3.05, 3.63) is 57.7 Å². The molecule has 3 fully saturated rings. The summed E-state index contributed by atoms with van der Waals surface area (Å²) in [6, 6.07) is 4.54. The number of hydrogen-bond acceptors (Lipinski definition) is 18. The molecule has 2 aromatic rings. The number of hydrogen-bond donors (Lipinski definition) is 4. The fourth-order valence-corrected chi connectivity index (χ4v) is 12.2. The van der Waals surface area contributed by atoms with Crippen LogP contribution in [0.4, 0.5) is 4.79 Å². The van der Waals surface area contributed by atoms with E-state index in [1.165, 1.54) is 49.1 Å². The Bertz CT molecular complexity index is 2110. The zero-order chi connectivity index (χ0) is 47.2. The minimum absolute atomic E-state index is 0.0102. The first-order valence-electron chi connectivity index (χ1n) is 21.3. The molecule has 6 rings (SSSR count). The van der Waals surface area contributed by atoms with E-state index in [4.69, 9.17) is 28.1 Å². The second-order valence-corrected chi connectivity index (χ2v) is 22.4. The Morgan fingerprint density at radius 1 is 1.08 bits per heavy atom. The Hall–Kier alpha value is -3.88. The monoisotopic (exact) mass is 949 g/mol. The number of aliphatic hydroxyl groups is 3. The normalized spacial score (nSPS) is 31.7. The summed E-state index contributed by atoms with van der Waals surface area (Å²) in [4.78, 5) is 84.4. The second-order valence-electron chi connectivity index (χ2n) is 18.8. The average molecular weight is 950 g/mol. The van der Waals surface area contributed by atoms with Gasteiger partial charge in [-0.05, 0) is 101 Å². The summed E-state index contributed by atoms with van der Waals surface area (Å²) in [5, 5.41) is 41.8. The van der Waals surface area contributed by atoms with Crippen LogP contribution >= 0.6 is 32.9 Å². The van der Waals surface area contributed by atoms with Gasteiger partial charge in [0.25, 0.3) is 0 Å². The molecule has 0 spiro atoms. The molecule has 0 saturated heterocycles. The molecule has 0 aromatic carbocycles. The van der Waals surface area contributed by atoms with Gasteiger partial charge in [0, 0.05) is 36.9 Å². The Morgan fingerprint density at radius 3 is 2.38 bits per heavy atom. The van der Waals surface area contributed by atoms with Crippen molar-refractivity contribution >= 4 is 68.7 Å². The number of carbonyl (C=O) groups excluding carboxylic acids is 6. The number of nitrogens with one attached hydrogen (secondary N) is 1. The van der Waals surface area contributed by atoms with E-state index in [0.717, 1.165) is 11.3 Å². The highest BCUT2D eigenvalue weighted by molar-refractivity contribution is 8.76. The highest BCUT2D eigenvalue weighted by Gasteiger charge is 2.77. The fourth-order valence-electron chi connectivity index (χ4n) is 10.3. The molecule has 352 valence electrons. The molecule has 0 aliphatic heterocycles. The standard InChI is InChI=1S/C45H59NO15S3/c1-23-27(57-39(53)33(50)32(26-13-10-18-56-26)46-40(54)61-41(3,4)5)22-45(55)37(59-38(52)28-14-11-19-63-28)35-43(8,29(48)21-25-16-17-44(25,35)60-24(2)47)36(51)34(31(23)42(45,6)7)58-30(49)15-12-20-64-62-9/h10-11,13-14,18-19,25,27,29,32-35,37,48,50,55H,12,15-17,20-22H2,1-9H3,(H,46,54)/t25-,27+,29+,32+,33-,34-,35+,37+,43-,44+,45-/m1/s1. The Labute approximate surface area is 384 Å². The predicted octanol–water partition coefficient (Wildman–Crippen LogP) is 6.27. The number of aliphatic hydroxyl groups excluding tert-OH is 2. The molecular formula is C45H59NO15S3. The number of thiophene rings is 1. The summed E-state index contributed by atoms with van der Waals surface area (Å²) in [5.41, 5.74) is -8.27. The maximum Gasteiger partial charge on any atom is 0.408 e. The van der Waals surface area contributed by atoms with Crippen molar-refractivity contribution < 1.29 is 72.2 Å². The third kappa shape index (κ3) is 9.13. The summed E-state index contributed by atoms with van der Waals surface area (Å²) < 4.78 is 35.8. The smallest absolute Gasteiger partial charge is 0.408 e. The van der Waals surface area contributed by atoms with E-state index in [2.05, 4.69) is 5.32 Å². The SMILES string of the molecule is CSSCCCC(=O)O[C@H]1C(=O)[C@@]2(C)[C@H]([C@H](OC(=O)c3cccs3)[C@]3(O)C[C@H](OC(=O)[C@H](O)[C@@H](NC(=O)OC(C)(C)C)c4ccco4)C(C)=C1C3(C)C)[C@]1(OC(C)=O)CC[C@@H]1C[C@@H]2O. The Morgan fingerprint density at radius 2 is 1.80 bits per heavy atom. The van der Waals surface area contributed by atoms with E-state index < -0.39 is 118 Å². The van der Waals surface area contributed by atoms with Gasteiger partial charge in [0.15, 0.2) is 18.0 Å². The number of carbonyl (C=O) groups is 6. The van der Waals surface area contributed by atoms with Crippen LogP contribution in [0.2, 0.25) is 0 Å². The van der Waals surface area contributed by atoms with Crippen molar-refractivity contribution in [2.24, 2.45) is 22.7 Å². The van der Waals surface area contributed by atoms with E-state index in [1.807, 2.05) is 6.26 Å². The molecule has 0 radical (unpaired) electrons. The minimum atomic E-state index is -2.35. The van der Waals surface area contributed by atoms with Crippen LogP contribution in [-0.2, 0) is 42.9 Å². The summed E-state index contributed by atoms with van der Waals surface area (Å²) in [7, 11) is 3.07. The lowest BCUT2D eigenvalue weighted by atomic mass is 9.41. The Kier molecular flexibility index (Phi) is 14.5. The molecule has 1 amide bonds. The average Bonchev–Trinajstić information content (AvgIpc) is 3.95. The first kappa shape index (κ1) is 49.6. The highest BCUT2D eigenvalue weighted by Crippen LogP contribution is 2.67. The van der Waals surface area contributed by atoms with Crippen LogP contribution < -0.4 is 5.32 Å². The van der Waals surface area contributed by atoms with Gasteiger partial charge in [-0.1, -0.05) is 41.5 Å². The first-order chi connectivity index (χ1) is 29.9. The molecule has 0 unspecified atom stereocenters. The van der Waals surface area contributed by atoms with Gasteiger partial charge >= 0.3 is 30.0 Å². The number of Topliss-reactive ketones (excluding diaryl/α,β-unsaturated/α-hetero) is 1. The third-order valence-corrected chi connectivity index (χ3v) is 16.3. The Balaban J connectivity index is 1.53. The topological polar surface area (TPSA) is 234 Å². The van der Waals surface area contributed by atoms with Gasteiger partial charge in [-0.3, -0.25) is 14.4 Å². The third-order valence-electron chi connectivity index (χ3n) is 13.5. The zero-order valence-corrected chi connectivity index (χ0v) is 39.9. The quantitative estimate of drug-likeness (QED) is 0.0537. The van der Waals surface area contributed by atoms with E-state index in [-0.39, 0.29) is 41.0 Å². The lowest BCUT2D eigenvalue weighted by Gasteiger charge is -2.68. The number of amides is 1. The number of alkyl carbamates (subject to hydrolysis) is 1. The van der Waals surface area contributed by atoms with Crippen LogP contribution in [0.25, 0.3) is 0 Å². The van der Waals surface area contributed by atoms with Crippen LogP contribution in [0, 0.1) is 22.7 Å². The van der Waals surface area contributed by atoms with Crippen LogP contribution in [0.15, 0.2) is 51.5 Å². The molecule has 4 aliphatic rings. The molecule has 2 bridgehead atoms. The van der Waals surface area contributed by atoms with E-state index in [0.29, 0.717) is 18.6 Å². The number of ketones is 1. The predicted molar refractivity (Wildman–Crippen MR) is 236 cm³/mol. The van der Waals surface area contributed by atoms with Gasteiger partial charge in [0.05, 0.1) is 23.7 Å².